The Labute approximate surface area is 159 Å². The molecule has 8 heteroatoms. The fourth-order valence-electron chi connectivity index (χ4n) is 2.38. The number of nitrogens with zero attached hydrogens (tertiary/aromatic N) is 1. The van der Waals surface area contributed by atoms with Crippen molar-refractivity contribution < 1.29 is 13.2 Å². The molecule has 0 unspecified atom stereocenters. The van der Waals surface area contributed by atoms with Crippen molar-refractivity contribution in [1.82, 2.24) is 4.90 Å². The van der Waals surface area contributed by atoms with Gasteiger partial charge in [0.1, 0.15) is 0 Å². The molecule has 2 N–H and O–H groups in total. The molecule has 2 aromatic rings. The van der Waals surface area contributed by atoms with Crippen LogP contribution in [0.3, 0.4) is 0 Å². The molecule has 0 spiro atoms. The van der Waals surface area contributed by atoms with Gasteiger partial charge in [-0.05, 0) is 68.8 Å². The Bertz CT molecular complexity index is 879. The summed E-state index contributed by atoms with van der Waals surface area (Å²) in [4.78, 5) is 13.8. The Kier molecular flexibility index (Phi) is 6.50. The lowest BCUT2D eigenvalue weighted by Crippen LogP contribution is -2.34. The lowest BCUT2D eigenvalue weighted by atomic mass is 10.2. The van der Waals surface area contributed by atoms with Gasteiger partial charge in [0, 0.05) is 23.8 Å². The van der Waals surface area contributed by atoms with Crippen LogP contribution >= 0.6 is 11.6 Å². The highest BCUT2D eigenvalue weighted by Gasteiger charge is 2.16. The number of hydrogen-bond donors (Lipinski definition) is 2. The Morgan fingerprint density at radius 2 is 1.69 bits per heavy atom. The Hall–Kier alpha value is -2.25. The first-order chi connectivity index (χ1) is 12.3. The number of amides is 2. The standard InChI is InChI=1S/C18H22ClN3O3S/c1-4-22(5-2)18(23)20-15-7-9-16(10-8-15)26(24,25)21-17-11-6-14(19)12-13(17)3/h6-12,21H,4-5H2,1-3H3,(H,20,23). The summed E-state index contributed by atoms with van der Waals surface area (Å²) in [6, 6.07) is 10.7. The molecule has 26 heavy (non-hydrogen) atoms. The van der Waals surface area contributed by atoms with Crippen LogP contribution in [-0.4, -0.2) is 32.4 Å². The van der Waals surface area contributed by atoms with Gasteiger partial charge in [0.25, 0.3) is 10.0 Å². The van der Waals surface area contributed by atoms with E-state index in [0.717, 1.165) is 5.56 Å². The molecule has 140 valence electrons. The third-order valence-electron chi connectivity index (χ3n) is 3.90. The molecule has 2 aromatic carbocycles. The predicted octanol–water partition coefficient (Wildman–Crippen LogP) is 4.32. The average Bonchev–Trinajstić information content (AvgIpc) is 2.59. The zero-order valence-corrected chi connectivity index (χ0v) is 16.5. The van der Waals surface area contributed by atoms with Gasteiger partial charge in [0.15, 0.2) is 0 Å². The summed E-state index contributed by atoms with van der Waals surface area (Å²) in [6.45, 7) is 6.75. The smallest absolute Gasteiger partial charge is 0.321 e. The summed E-state index contributed by atoms with van der Waals surface area (Å²) in [5.74, 6) is 0. The fourth-order valence-corrected chi connectivity index (χ4v) is 3.73. The molecule has 2 rings (SSSR count). The van der Waals surface area contributed by atoms with E-state index in [1.54, 1.807) is 42.2 Å². The van der Waals surface area contributed by atoms with Gasteiger partial charge in [-0.3, -0.25) is 4.72 Å². The zero-order chi connectivity index (χ0) is 19.3. The van der Waals surface area contributed by atoms with Crippen LogP contribution in [0.25, 0.3) is 0 Å². The predicted molar refractivity (Wildman–Crippen MR) is 105 cm³/mol. The van der Waals surface area contributed by atoms with Crippen molar-refractivity contribution in [2.75, 3.05) is 23.1 Å². The van der Waals surface area contributed by atoms with Crippen molar-refractivity contribution >= 4 is 39.0 Å². The van der Waals surface area contributed by atoms with E-state index < -0.39 is 10.0 Å². The minimum Gasteiger partial charge on any atom is -0.325 e. The van der Waals surface area contributed by atoms with Gasteiger partial charge >= 0.3 is 6.03 Å². The maximum absolute atomic E-state index is 12.5. The second-order valence-electron chi connectivity index (χ2n) is 5.69. The third kappa shape index (κ3) is 4.89. The van der Waals surface area contributed by atoms with E-state index in [1.807, 2.05) is 13.8 Å². The summed E-state index contributed by atoms with van der Waals surface area (Å²) < 4.78 is 27.6. The Balaban J connectivity index is 2.14. The van der Waals surface area contributed by atoms with Crippen LogP contribution in [0.4, 0.5) is 16.2 Å². The second kappa shape index (κ2) is 8.42. The molecule has 0 fully saturated rings. The van der Waals surface area contributed by atoms with E-state index in [2.05, 4.69) is 10.0 Å². The number of rotatable bonds is 6. The number of sulfonamides is 1. The van der Waals surface area contributed by atoms with Crippen LogP contribution in [0.5, 0.6) is 0 Å². The third-order valence-corrected chi connectivity index (χ3v) is 5.52. The molecule has 0 saturated heterocycles. The van der Waals surface area contributed by atoms with Crippen molar-refractivity contribution in [2.45, 2.75) is 25.7 Å². The molecule has 6 nitrogen and oxygen atoms in total. The summed E-state index contributed by atoms with van der Waals surface area (Å²) >= 11 is 5.89. The van der Waals surface area contributed by atoms with Crippen LogP contribution in [-0.2, 0) is 10.0 Å². The van der Waals surface area contributed by atoms with E-state index in [-0.39, 0.29) is 10.9 Å². The van der Waals surface area contributed by atoms with Gasteiger partial charge in [-0.15, -0.1) is 0 Å². The number of carbonyl (C=O) groups excluding carboxylic acids is 1. The molecule has 0 bridgehead atoms. The first-order valence-corrected chi connectivity index (χ1v) is 10.1. The van der Waals surface area contributed by atoms with Gasteiger partial charge < -0.3 is 10.2 Å². The van der Waals surface area contributed by atoms with Gasteiger partial charge in [0.2, 0.25) is 0 Å². The molecule has 0 saturated carbocycles. The number of benzene rings is 2. The monoisotopic (exact) mass is 395 g/mol. The number of anilines is 2. The molecule has 0 radical (unpaired) electrons. The molecule has 0 aliphatic carbocycles. The van der Waals surface area contributed by atoms with Crippen molar-refractivity contribution in [3.05, 3.63) is 53.1 Å². The second-order valence-corrected chi connectivity index (χ2v) is 7.81. The lowest BCUT2D eigenvalue weighted by molar-refractivity contribution is 0.217. The maximum atomic E-state index is 12.5. The van der Waals surface area contributed by atoms with Gasteiger partial charge in [-0.2, -0.15) is 0 Å². The molecular formula is C18H22ClN3O3S. The van der Waals surface area contributed by atoms with Crippen LogP contribution in [0, 0.1) is 6.92 Å². The summed E-state index contributed by atoms with van der Waals surface area (Å²) in [6.07, 6.45) is 0. The van der Waals surface area contributed by atoms with E-state index in [9.17, 15) is 13.2 Å². The van der Waals surface area contributed by atoms with Crippen LogP contribution in [0.15, 0.2) is 47.4 Å². The maximum Gasteiger partial charge on any atom is 0.321 e. The van der Waals surface area contributed by atoms with E-state index >= 15 is 0 Å². The number of nitrogens with one attached hydrogen (secondary N) is 2. The zero-order valence-electron chi connectivity index (χ0n) is 14.9. The molecule has 0 aromatic heterocycles. The molecule has 0 aliphatic rings. The van der Waals surface area contributed by atoms with Gasteiger partial charge in [0.05, 0.1) is 10.6 Å². The Morgan fingerprint density at radius 1 is 1.08 bits per heavy atom. The van der Waals surface area contributed by atoms with Gasteiger partial charge in [-0.1, -0.05) is 11.6 Å². The minimum atomic E-state index is -3.74. The highest BCUT2D eigenvalue weighted by atomic mass is 35.5. The Morgan fingerprint density at radius 3 is 2.23 bits per heavy atom. The number of halogens is 1. The lowest BCUT2D eigenvalue weighted by Gasteiger charge is -2.19. The SMILES string of the molecule is CCN(CC)C(=O)Nc1ccc(S(=O)(=O)Nc2ccc(Cl)cc2C)cc1. The summed E-state index contributed by atoms with van der Waals surface area (Å²) in [5.41, 5.74) is 1.72. The van der Waals surface area contributed by atoms with Crippen molar-refractivity contribution in [3.8, 4) is 0 Å². The number of urea groups is 1. The van der Waals surface area contributed by atoms with Crippen LogP contribution in [0.2, 0.25) is 5.02 Å². The molecule has 0 heterocycles. The first kappa shape index (κ1) is 20.1. The van der Waals surface area contributed by atoms with Crippen molar-refractivity contribution in [3.63, 3.8) is 0 Å². The fraction of sp³-hybridized carbons (Fsp3) is 0.278. The molecule has 0 atom stereocenters. The van der Waals surface area contributed by atoms with Gasteiger partial charge in [-0.25, -0.2) is 13.2 Å². The largest absolute Gasteiger partial charge is 0.325 e. The van der Waals surface area contributed by atoms with Crippen molar-refractivity contribution in [2.24, 2.45) is 0 Å². The quantitative estimate of drug-likeness (QED) is 0.764. The molecular weight excluding hydrogens is 374 g/mol. The summed E-state index contributed by atoms with van der Waals surface area (Å²) in [7, 11) is -3.74. The number of aryl methyl sites for hydroxylation is 1. The normalized spacial score (nSPS) is 11.1. The summed E-state index contributed by atoms with van der Waals surface area (Å²) in [5, 5.41) is 3.29. The van der Waals surface area contributed by atoms with E-state index in [0.29, 0.717) is 29.5 Å². The van der Waals surface area contributed by atoms with Crippen LogP contribution in [0.1, 0.15) is 19.4 Å². The van der Waals surface area contributed by atoms with E-state index in [1.165, 1.54) is 12.1 Å². The molecule has 2 amide bonds. The first-order valence-electron chi connectivity index (χ1n) is 8.21. The van der Waals surface area contributed by atoms with Crippen molar-refractivity contribution in [1.29, 1.82) is 0 Å². The molecule has 0 aliphatic heterocycles. The average molecular weight is 396 g/mol. The van der Waals surface area contributed by atoms with E-state index in [4.69, 9.17) is 11.6 Å². The highest BCUT2D eigenvalue weighted by molar-refractivity contribution is 7.92. The number of carbonyl (C=O) groups is 1. The van der Waals surface area contributed by atoms with Crippen LogP contribution < -0.4 is 10.0 Å². The minimum absolute atomic E-state index is 0.104. The topological polar surface area (TPSA) is 78.5 Å². The number of hydrogen-bond acceptors (Lipinski definition) is 3. The highest BCUT2D eigenvalue weighted by Crippen LogP contribution is 2.23.